The Bertz CT molecular complexity index is 963. The Balaban J connectivity index is 0.000000687. The number of nitrogens with one attached hydrogen (secondary N) is 2. The van der Waals surface area contributed by atoms with Crippen molar-refractivity contribution in [3.63, 3.8) is 0 Å². The van der Waals surface area contributed by atoms with Gasteiger partial charge in [-0.15, -0.1) is 0 Å². The first-order valence-electron chi connectivity index (χ1n) is 9.02. The topological polar surface area (TPSA) is 89.3 Å². The number of ether oxygens (including phenoxy) is 1. The fourth-order valence-electron chi connectivity index (χ4n) is 2.82. The van der Waals surface area contributed by atoms with E-state index in [4.69, 9.17) is 21.1 Å². The summed E-state index contributed by atoms with van der Waals surface area (Å²) in [6.45, 7) is 4.63. The van der Waals surface area contributed by atoms with Gasteiger partial charge in [-0.1, -0.05) is 35.9 Å². The molecule has 0 atom stereocenters. The number of hydrogen-bond acceptors (Lipinski definition) is 5. The molecule has 0 unspecified atom stereocenters. The zero-order chi connectivity index (χ0) is 21.2. The van der Waals surface area contributed by atoms with E-state index in [0.29, 0.717) is 18.2 Å². The van der Waals surface area contributed by atoms with Gasteiger partial charge in [0.1, 0.15) is 17.5 Å². The van der Waals surface area contributed by atoms with Crippen molar-refractivity contribution >= 4 is 23.7 Å². The third-order valence-electron chi connectivity index (χ3n) is 4.25. The van der Waals surface area contributed by atoms with Crippen molar-refractivity contribution in [2.24, 2.45) is 5.84 Å². The second-order valence-corrected chi connectivity index (χ2v) is 6.65. The first kappa shape index (κ1) is 22.2. The summed E-state index contributed by atoms with van der Waals surface area (Å²) in [5.74, 6) is 5.29. The highest BCUT2D eigenvalue weighted by Gasteiger charge is 2.10. The first-order valence-corrected chi connectivity index (χ1v) is 9.40. The van der Waals surface area contributed by atoms with Gasteiger partial charge in [-0.05, 0) is 55.3 Å². The number of amides is 1. The number of carbonyl (C=O) groups is 1. The van der Waals surface area contributed by atoms with E-state index >= 15 is 0 Å². The molecule has 0 aliphatic carbocycles. The lowest BCUT2D eigenvalue weighted by Crippen LogP contribution is -2.18. The molecule has 7 heteroatoms. The van der Waals surface area contributed by atoms with E-state index in [2.05, 4.69) is 41.3 Å². The van der Waals surface area contributed by atoms with Crippen LogP contribution in [0.15, 0.2) is 54.6 Å². The molecule has 3 aromatic rings. The van der Waals surface area contributed by atoms with Crippen LogP contribution in [0.1, 0.15) is 16.7 Å². The Labute approximate surface area is 176 Å². The molecule has 1 heterocycles. The first-order chi connectivity index (χ1) is 14.0. The van der Waals surface area contributed by atoms with Gasteiger partial charge in [-0.3, -0.25) is 10.2 Å². The summed E-state index contributed by atoms with van der Waals surface area (Å²) >= 11 is 6.02. The number of rotatable bonds is 6. The van der Waals surface area contributed by atoms with E-state index in [9.17, 15) is 0 Å². The van der Waals surface area contributed by atoms with Gasteiger partial charge < -0.3 is 10.1 Å². The monoisotopic (exact) mass is 412 g/mol. The number of hydrazine groups is 1. The van der Waals surface area contributed by atoms with Crippen molar-refractivity contribution < 1.29 is 9.53 Å². The van der Waals surface area contributed by atoms with Gasteiger partial charge in [-0.25, -0.2) is 10.8 Å². The molecule has 0 saturated heterocycles. The van der Waals surface area contributed by atoms with Crippen LogP contribution >= 0.6 is 11.6 Å². The van der Waals surface area contributed by atoms with Crippen LogP contribution in [0.4, 0.5) is 5.69 Å². The average Bonchev–Trinajstić information content (AvgIpc) is 2.74. The molecule has 152 valence electrons. The molecule has 1 amide bonds. The second kappa shape index (κ2) is 11.0. The number of aryl methyl sites for hydroxylation is 2. The number of hydrogen-bond donors (Lipinski definition) is 3. The van der Waals surface area contributed by atoms with Gasteiger partial charge in [0.05, 0.1) is 5.69 Å². The fourth-order valence-corrected chi connectivity index (χ4v) is 2.99. The molecule has 0 saturated carbocycles. The summed E-state index contributed by atoms with van der Waals surface area (Å²) in [5, 5.41) is 3.69. The summed E-state index contributed by atoms with van der Waals surface area (Å²) in [4.78, 5) is 13.3. The highest BCUT2D eigenvalue weighted by Crippen LogP contribution is 2.30. The Morgan fingerprint density at radius 1 is 1.10 bits per heavy atom. The van der Waals surface area contributed by atoms with Gasteiger partial charge in [0.2, 0.25) is 6.41 Å². The molecule has 3 rings (SSSR count). The minimum atomic E-state index is 0.403. The Kier molecular flexibility index (Phi) is 8.45. The van der Waals surface area contributed by atoms with E-state index in [1.165, 1.54) is 0 Å². The van der Waals surface area contributed by atoms with Gasteiger partial charge in [0.25, 0.3) is 0 Å². The molecule has 0 spiro atoms. The van der Waals surface area contributed by atoms with Crippen LogP contribution in [0, 0.1) is 13.8 Å². The summed E-state index contributed by atoms with van der Waals surface area (Å²) < 4.78 is 6.07. The Morgan fingerprint density at radius 3 is 2.48 bits per heavy atom. The van der Waals surface area contributed by atoms with Gasteiger partial charge in [0, 0.05) is 23.9 Å². The predicted molar refractivity (Wildman–Crippen MR) is 118 cm³/mol. The maximum absolute atomic E-state index is 8.94. The predicted octanol–water partition coefficient (Wildman–Crippen LogP) is 4.25. The molecule has 1 aromatic heterocycles. The lowest BCUT2D eigenvalue weighted by molar-refractivity contribution is -0.109. The standard InChI is InChI=1S/C21H21ClN2O.CH4N2O/c1-14-12-20(25-13-16-7-4-5-8-18(16)23-3)15(2)11-17(14)19-9-6-10-21(22)24-19;2-3-1-4/h4-12,23H,13H2,1-3H3;1H,2H2,(H,3,4). The number of anilines is 1. The van der Waals surface area contributed by atoms with Crippen LogP contribution in [0.5, 0.6) is 5.75 Å². The van der Waals surface area contributed by atoms with E-state index < -0.39 is 0 Å². The van der Waals surface area contributed by atoms with Gasteiger partial charge >= 0.3 is 0 Å². The number of aromatic nitrogens is 1. The Morgan fingerprint density at radius 2 is 1.83 bits per heavy atom. The number of nitrogens with two attached hydrogens (primary N) is 1. The number of benzene rings is 2. The number of para-hydroxylation sites is 1. The van der Waals surface area contributed by atoms with Crippen LogP contribution in [-0.2, 0) is 11.4 Å². The van der Waals surface area contributed by atoms with Crippen LogP contribution in [0.25, 0.3) is 11.3 Å². The Hall–Kier alpha value is -3.09. The van der Waals surface area contributed by atoms with Crippen LogP contribution in [0.2, 0.25) is 5.15 Å². The van der Waals surface area contributed by atoms with E-state index in [-0.39, 0.29) is 0 Å². The third kappa shape index (κ3) is 6.20. The zero-order valence-electron chi connectivity index (χ0n) is 16.7. The molecule has 0 aliphatic heterocycles. The number of halogens is 1. The lowest BCUT2D eigenvalue weighted by atomic mass is 10.0. The van der Waals surface area contributed by atoms with Crippen molar-refractivity contribution in [2.75, 3.05) is 12.4 Å². The number of carbonyl (C=O) groups excluding carboxylic acids is 1. The summed E-state index contributed by atoms with van der Waals surface area (Å²) in [7, 11) is 1.92. The maximum Gasteiger partial charge on any atom is 0.221 e. The third-order valence-corrected chi connectivity index (χ3v) is 4.46. The van der Waals surface area contributed by atoms with Gasteiger partial charge in [0.15, 0.2) is 0 Å². The highest BCUT2D eigenvalue weighted by molar-refractivity contribution is 6.29. The average molecular weight is 413 g/mol. The maximum atomic E-state index is 8.94. The van der Waals surface area contributed by atoms with E-state index in [0.717, 1.165) is 39.4 Å². The molecule has 0 fully saturated rings. The van der Waals surface area contributed by atoms with Crippen molar-refractivity contribution in [3.05, 3.63) is 76.4 Å². The molecule has 29 heavy (non-hydrogen) atoms. The highest BCUT2D eigenvalue weighted by atomic mass is 35.5. The number of nitrogens with zero attached hydrogens (tertiary/aromatic N) is 1. The largest absolute Gasteiger partial charge is 0.489 e. The summed E-state index contributed by atoms with van der Waals surface area (Å²) in [6.07, 6.45) is 0.403. The molecule has 0 aliphatic rings. The molecular weight excluding hydrogens is 388 g/mol. The van der Waals surface area contributed by atoms with Crippen LogP contribution < -0.4 is 21.3 Å². The minimum Gasteiger partial charge on any atom is -0.489 e. The molecule has 0 radical (unpaired) electrons. The normalized spacial score (nSPS) is 9.83. The molecule has 6 nitrogen and oxygen atoms in total. The van der Waals surface area contributed by atoms with E-state index in [1.807, 2.05) is 44.3 Å². The zero-order valence-corrected chi connectivity index (χ0v) is 17.5. The van der Waals surface area contributed by atoms with Crippen molar-refractivity contribution in [3.8, 4) is 17.0 Å². The molecule has 2 aromatic carbocycles. The van der Waals surface area contributed by atoms with Crippen molar-refractivity contribution in [1.82, 2.24) is 10.4 Å². The molecule has 4 N–H and O–H groups in total. The number of pyridine rings is 1. The van der Waals surface area contributed by atoms with Crippen molar-refractivity contribution in [2.45, 2.75) is 20.5 Å². The second-order valence-electron chi connectivity index (χ2n) is 6.26. The molecule has 0 bridgehead atoms. The SMILES string of the molecule is CNc1ccccc1COc1cc(C)c(-c2cccc(Cl)n2)cc1C.NNC=O. The molecular formula is C22H25ClN4O2. The van der Waals surface area contributed by atoms with Crippen LogP contribution in [0.3, 0.4) is 0 Å². The van der Waals surface area contributed by atoms with Crippen LogP contribution in [-0.4, -0.2) is 18.4 Å². The summed E-state index contributed by atoms with van der Waals surface area (Å²) in [6, 6.07) is 18.0. The van der Waals surface area contributed by atoms with Crippen molar-refractivity contribution in [1.29, 1.82) is 0 Å². The minimum absolute atomic E-state index is 0.403. The fraction of sp³-hybridized carbons (Fsp3) is 0.182. The van der Waals surface area contributed by atoms with E-state index in [1.54, 1.807) is 11.5 Å². The summed E-state index contributed by atoms with van der Waals surface area (Å²) in [5.41, 5.74) is 8.09. The quantitative estimate of drug-likeness (QED) is 0.185. The van der Waals surface area contributed by atoms with Gasteiger partial charge in [-0.2, -0.15) is 0 Å². The smallest absolute Gasteiger partial charge is 0.221 e. The lowest BCUT2D eigenvalue weighted by Gasteiger charge is -2.15.